The molecule has 0 amide bonds. The van der Waals surface area contributed by atoms with Crippen LogP contribution in [-0.2, 0) is 0 Å². The summed E-state index contributed by atoms with van der Waals surface area (Å²) >= 11 is 0. The van der Waals surface area contributed by atoms with Gasteiger partial charge in [-0.3, -0.25) is 0 Å². The molecule has 0 aromatic heterocycles. The predicted octanol–water partition coefficient (Wildman–Crippen LogP) is 4.01. The van der Waals surface area contributed by atoms with Crippen molar-refractivity contribution in [3.63, 3.8) is 0 Å². The minimum atomic E-state index is -0.428. The Labute approximate surface area is 118 Å². The molecule has 2 N–H and O–H groups in total. The van der Waals surface area contributed by atoms with Crippen LogP contribution >= 0.6 is 0 Å². The van der Waals surface area contributed by atoms with Crippen molar-refractivity contribution in [1.29, 1.82) is 0 Å². The van der Waals surface area contributed by atoms with E-state index < -0.39 is 6.10 Å². The SMILES string of the molecule is CCCCNC(C)C(O)c1ccc(C(C)CC)cc1. The van der Waals surface area contributed by atoms with E-state index in [-0.39, 0.29) is 6.04 Å². The zero-order valence-corrected chi connectivity index (χ0v) is 12.8. The summed E-state index contributed by atoms with van der Waals surface area (Å²) in [5.41, 5.74) is 2.36. The maximum absolute atomic E-state index is 10.3. The van der Waals surface area contributed by atoms with Gasteiger partial charge in [0.2, 0.25) is 0 Å². The molecule has 108 valence electrons. The van der Waals surface area contributed by atoms with E-state index in [1.54, 1.807) is 0 Å². The topological polar surface area (TPSA) is 32.3 Å². The summed E-state index contributed by atoms with van der Waals surface area (Å²) in [6.45, 7) is 9.63. The summed E-state index contributed by atoms with van der Waals surface area (Å²) in [6.07, 6.45) is 3.06. The van der Waals surface area contributed by atoms with Gasteiger partial charge < -0.3 is 10.4 Å². The molecule has 0 fully saturated rings. The molecule has 2 nitrogen and oxygen atoms in total. The highest BCUT2D eigenvalue weighted by atomic mass is 16.3. The van der Waals surface area contributed by atoms with E-state index in [1.807, 2.05) is 6.92 Å². The molecule has 0 spiro atoms. The van der Waals surface area contributed by atoms with E-state index in [9.17, 15) is 5.11 Å². The zero-order chi connectivity index (χ0) is 14.3. The lowest BCUT2D eigenvalue weighted by molar-refractivity contribution is 0.136. The fraction of sp³-hybridized carbons (Fsp3) is 0.647. The van der Waals surface area contributed by atoms with Crippen LogP contribution in [0.2, 0.25) is 0 Å². The quantitative estimate of drug-likeness (QED) is 0.695. The second kappa shape index (κ2) is 8.34. The molecule has 1 aromatic rings. The fourth-order valence-electron chi connectivity index (χ4n) is 2.16. The van der Waals surface area contributed by atoms with Crippen molar-refractivity contribution in [2.75, 3.05) is 6.54 Å². The first-order valence-electron chi connectivity index (χ1n) is 7.61. The molecular formula is C17H29NO. The lowest BCUT2D eigenvalue weighted by atomic mass is 9.95. The van der Waals surface area contributed by atoms with Gasteiger partial charge in [-0.1, -0.05) is 51.5 Å². The number of hydrogen-bond donors (Lipinski definition) is 2. The summed E-state index contributed by atoms with van der Waals surface area (Å²) in [6, 6.07) is 8.51. The Morgan fingerprint density at radius 1 is 1.05 bits per heavy atom. The Balaban J connectivity index is 2.59. The lowest BCUT2D eigenvalue weighted by Gasteiger charge is -2.21. The van der Waals surface area contributed by atoms with Gasteiger partial charge in [-0.25, -0.2) is 0 Å². The molecule has 19 heavy (non-hydrogen) atoms. The smallest absolute Gasteiger partial charge is 0.0940 e. The number of aliphatic hydroxyl groups is 1. The van der Waals surface area contributed by atoms with E-state index in [0.29, 0.717) is 5.92 Å². The molecule has 3 atom stereocenters. The number of rotatable bonds is 8. The maximum atomic E-state index is 10.3. The Hall–Kier alpha value is -0.860. The largest absolute Gasteiger partial charge is 0.387 e. The predicted molar refractivity (Wildman–Crippen MR) is 82.5 cm³/mol. The van der Waals surface area contributed by atoms with Gasteiger partial charge in [0.25, 0.3) is 0 Å². The molecule has 2 heteroatoms. The second-order valence-electron chi connectivity index (χ2n) is 5.52. The summed E-state index contributed by atoms with van der Waals surface area (Å²) < 4.78 is 0. The maximum Gasteiger partial charge on any atom is 0.0940 e. The first-order valence-corrected chi connectivity index (χ1v) is 7.61. The van der Waals surface area contributed by atoms with Crippen LogP contribution < -0.4 is 5.32 Å². The Bertz CT molecular complexity index is 347. The van der Waals surface area contributed by atoms with Crippen molar-refractivity contribution < 1.29 is 5.11 Å². The average molecular weight is 263 g/mol. The summed E-state index contributed by atoms with van der Waals surface area (Å²) in [5, 5.41) is 13.7. The molecule has 0 radical (unpaired) electrons. The van der Waals surface area contributed by atoms with Crippen LogP contribution in [0.15, 0.2) is 24.3 Å². The van der Waals surface area contributed by atoms with Gasteiger partial charge in [0.05, 0.1) is 6.10 Å². The molecule has 3 unspecified atom stereocenters. The number of aliphatic hydroxyl groups excluding tert-OH is 1. The van der Waals surface area contributed by atoms with Gasteiger partial charge in [-0.05, 0) is 43.4 Å². The van der Waals surface area contributed by atoms with E-state index in [1.165, 1.54) is 12.0 Å². The van der Waals surface area contributed by atoms with Crippen LogP contribution in [0.3, 0.4) is 0 Å². The monoisotopic (exact) mass is 263 g/mol. The van der Waals surface area contributed by atoms with E-state index in [0.717, 1.165) is 24.9 Å². The highest BCUT2D eigenvalue weighted by Crippen LogP contribution is 2.22. The van der Waals surface area contributed by atoms with E-state index in [4.69, 9.17) is 0 Å². The first kappa shape index (κ1) is 16.2. The summed E-state index contributed by atoms with van der Waals surface area (Å²) in [5.74, 6) is 0.589. The molecule has 0 aliphatic carbocycles. The van der Waals surface area contributed by atoms with Gasteiger partial charge in [0, 0.05) is 6.04 Å². The Morgan fingerprint density at radius 2 is 1.63 bits per heavy atom. The third kappa shape index (κ3) is 4.96. The normalized spacial score (nSPS) is 16.1. The number of nitrogens with one attached hydrogen (secondary N) is 1. The van der Waals surface area contributed by atoms with Gasteiger partial charge in [0.1, 0.15) is 0 Å². The molecular weight excluding hydrogens is 234 g/mol. The van der Waals surface area contributed by atoms with Crippen LogP contribution in [0.5, 0.6) is 0 Å². The van der Waals surface area contributed by atoms with Crippen LogP contribution in [-0.4, -0.2) is 17.7 Å². The number of unbranched alkanes of at least 4 members (excludes halogenated alkanes) is 1. The third-order valence-electron chi connectivity index (χ3n) is 3.93. The first-order chi connectivity index (χ1) is 9.10. The van der Waals surface area contributed by atoms with Crippen LogP contribution in [0.4, 0.5) is 0 Å². The standard InChI is InChI=1S/C17H29NO/c1-5-7-12-18-14(4)17(19)16-10-8-15(9-11-16)13(3)6-2/h8-11,13-14,17-19H,5-7,12H2,1-4H3. The minimum absolute atomic E-state index is 0.0981. The van der Waals surface area contributed by atoms with Crippen molar-refractivity contribution in [2.45, 2.75) is 65.0 Å². The average Bonchev–Trinajstić information content (AvgIpc) is 2.46. The molecule has 1 rings (SSSR count). The summed E-state index contributed by atoms with van der Waals surface area (Å²) in [7, 11) is 0. The Morgan fingerprint density at radius 3 is 2.16 bits per heavy atom. The highest BCUT2D eigenvalue weighted by Gasteiger charge is 2.15. The van der Waals surface area contributed by atoms with Crippen molar-refractivity contribution in [1.82, 2.24) is 5.32 Å². The van der Waals surface area contributed by atoms with E-state index in [2.05, 4.69) is 50.4 Å². The molecule has 0 aliphatic heterocycles. The summed E-state index contributed by atoms with van der Waals surface area (Å²) in [4.78, 5) is 0. The van der Waals surface area contributed by atoms with E-state index >= 15 is 0 Å². The van der Waals surface area contributed by atoms with Crippen molar-refractivity contribution >= 4 is 0 Å². The van der Waals surface area contributed by atoms with Gasteiger partial charge in [0.15, 0.2) is 0 Å². The third-order valence-corrected chi connectivity index (χ3v) is 3.93. The second-order valence-corrected chi connectivity index (χ2v) is 5.52. The Kier molecular flexibility index (Phi) is 7.11. The molecule has 0 bridgehead atoms. The van der Waals surface area contributed by atoms with Gasteiger partial charge in [-0.2, -0.15) is 0 Å². The van der Waals surface area contributed by atoms with Crippen molar-refractivity contribution in [2.24, 2.45) is 0 Å². The number of hydrogen-bond acceptors (Lipinski definition) is 2. The molecule has 0 heterocycles. The van der Waals surface area contributed by atoms with Crippen LogP contribution in [0.25, 0.3) is 0 Å². The molecule has 0 aliphatic rings. The molecule has 1 aromatic carbocycles. The minimum Gasteiger partial charge on any atom is -0.387 e. The van der Waals surface area contributed by atoms with Crippen LogP contribution in [0.1, 0.15) is 70.1 Å². The van der Waals surface area contributed by atoms with Gasteiger partial charge >= 0.3 is 0 Å². The van der Waals surface area contributed by atoms with Crippen LogP contribution in [0, 0.1) is 0 Å². The van der Waals surface area contributed by atoms with Crippen molar-refractivity contribution in [3.8, 4) is 0 Å². The lowest BCUT2D eigenvalue weighted by Crippen LogP contribution is -2.32. The van der Waals surface area contributed by atoms with Gasteiger partial charge in [-0.15, -0.1) is 0 Å². The zero-order valence-electron chi connectivity index (χ0n) is 12.8. The highest BCUT2D eigenvalue weighted by molar-refractivity contribution is 5.27. The molecule has 0 saturated carbocycles. The number of benzene rings is 1. The molecule has 0 saturated heterocycles. The van der Waals surface area contributed by atoms with Crippen molar-refractivity contribution in [3.05, 3.63) is 35.4 Å². The fourth-order valence-corrected chi connectivity index (χ4v) is 2.16.